The van der Waals surface area contributed by atoms with Crippen molar-refractivity contribution in [3.8, 4) is 0 Å². The molecule has 1 heterocycles. The van der Waals surface area contributed by atoms with Gasteiger partial charge in [-0.05, 0) is 29.3 Å². The van der Waals surface area contributed by atoms with Crippen molar-refractivity contribution in [3.63, 3.8) is 0 Å². The SMILES string of the molecule is CN(C)C(=O)CS(=O)(=O)N1CC(c2cc(F)ccc2F)=CC1c1ccccc1. The summed E-state index contributed by atoms with van der Waals surface area (Å²) in [5.74, 6) is -2.51. The minimum Gasteiger partial charge on any atom is -0.348 e. The Bertz CT molecular complexity index is 1020. The molecule has 0 aromatic heterocycles. The van der Waals surface area contributed by atoms with Gasteiger partial charge in [-0.3, -0.25) is 4.79 Å². The average molecular weight is 406 g/mol. The molecule has 0 saturated carbocycles. The van der Waals surface area contributed by atoms with Crippen LogP contribution in [0.1, 0.15) is 17.2 Å². The molecule has 1 aliphatic heterocycles. The standard InChI is InChI=1S/C20H20F2N2O3S/c1-23(2)20(25)13-28(26,27)24-12-15(17-11-16(21)8-9-18(17)22)10-19(24)14-6-4-3-5-7-14/h3-11,19H,12-13H2,1-2H3. The molecule has 2 aromatic carbocycles. The van der Waals surface area contributed by atoms with Gasteiger partial charge in [-0.2, -0.15) is 4.31 Å². The smallest absolute Gasteiger partial charge is 0.238 e. The Morgan fingerprint density at radius 3 is 2.46 bits per heavy atom. The molecule has 1 unspecified atom stereocenters. The number of sulfonamides is 1. The summed E-state index contributed by atoms with van der Waals surface area (Å²) in [6, 6.07) is 11.2. The van der Waals surface area contributed by atoms with Gasteiger partial charge < -0.3 is 4.90 Å². The van der Waals surface area contributed by atoms with Crippen LogP contribution in [0.25, 0.3) is 5.57 Å². The van der Waals surface area contributed by atoms with Crippen molar-refractivity contribution in [3.05, 3.63) is 77.4 Å². The zero-order valence-electron chi connectivity index (χ0n) is 15.5. The number of carbonyl (C=O) groups excluding carboxylic acids is 1. The number of hydrogen-bond acceptors (Lipinski definition) is 3. The van der Waals surface area contributed by atoms with Gasteiger partial charge in [0.05, 0.1) is 6.04 Å². The van der Waals surface area contributed by atoms with Crippen LogP contribution in [-0.4, -0.2) is 49.9 Å². The van der Waals surface area contributed by atoms with E-state index >= 15 is 0 Å². The van der Waals surface area contributed by atoms with Gasteiger partial charge in [0.2, 0.25) is 15.9 Å². The van der Waals surface area contributed by atoms with Crippen LogP contribution in [0.15, 0.2) is 54.6 Å². The van der Waals surface area contributed by atoms with Crippen molar-refractivity contribution in [1.82, 2.24) is 9.21 Å². The van der Waals surface area contributed by atoms with Crippen molar-refractivity contribution < 1.29 is 22.0 Å². The lowest BCUT2D eigenvalue weighted by atomic mass is 10.0. The van der Waals surface area contributed by atoms with E-state index in [0.717, 1.165) is 22.5 Å². The van der Waals surface area contributed by atoms with Crippen LogP contribution in [0.5, 0.6) is 0 Å². The van der Waals surface area contributed by atoms with Crippen LogP contribution in [-0.2, 0) is 14.8 Å². The summed E-state index contributed by atoms with van der Waals surface area (Å²) in [6.45, 7) is -0.150. The van der Waals surface area contributed by atoms with Crippen molar-refractivity contribution in [1.29, 1.82) is 0 Å². The third kappa shape index (κ3) is 4.13. The van der Waals surface area contributed by atoms with E-state index in [9.17, 15) is 22.0 Å². The Hall–Kier alpha value is -2.58. The van der Waals surface area contributed by atoms with Crippen LogP contribution >= 0.6 is 0 Å². The van der Waals surface area contributed by atoms with Gasteiger partial charge >= 0.3 is 0 Å². The predicted octanol–water partition coefficient (Wildman–Crippen LogP) is 2.82. The van der Waals surface area contributed by atoms with Crippen LogP contribution in [0.3, 0.4) is 0 Å². The first-order chi connectivity index (χ1) is 13.2. The van der Waals surface area contributed by atoms with Gasteiger partial charge in [-0.1, -0.05) is 36.4 Å². The van der Waals surface area contributed by atoms with Crippen molar-refractivity contribution in [2.45, 2.75) is 6.04 Å². The van der Waals surface area contributed by atoms with E-state index in [2.05, 4.69) is 0 Å². The van der Waals surface area contributed by atoms with E-state index in [1.54, 1.807) is 36.4 Å². The van der Waals surface area contributed by atoms with Gasteiger partial charge in [-0.15, -0.1) is 0 Å². The number of rotatable bonds is 5. The summed E-state index contributed by atoms with van der Waals surface area (Å²) in [4.78, 5) is 13.2. The highest BCUT2D eigenvalue weighted by Crippen LogP contribution is 2.37. The molecule has 0 spiro atoms. The molecule has 0 aliphatic carbocycles. The minimum absolute atomic E-state index is 0.0116. The van der Waals surface area contributed by atoms with E-state index in [4.69, 9.17) is 0 Å². The second-order valence-corrected chi connectivity index (χ2v) is 8.68. The molecule has 1 atom stereocenters. The molecule has 0 N–H and O–H groups in total. The molecule has 8 heteroatoms. The molecule has 1 amide bonds. The monoisotopic (exact) mass is 406 g/mol. The minimum atomic E-state index is -3.99. The first-order valence-electron chi connectivity index (χ1n) is 8.60. The largest absolute Gasteiger partial charge is 0.348 e. The summed E-state index contributed by atoms with van der Waals surface area (Å²) in [5, 5.41) is 0. The van der Waals surface area contributed by atoms with Crippen LogP contribution in [0, 0.1) is 11.6 Å². The lowest BCUT2D eigenvalue weighted by molar-refractivity contribution is -0.126. The topological polar surface area (TPSA) is 57.7 Å². The molecule has 0 saturated heterocycles. The summed E-state index contributed by atoms with van der Waals surface area (Å²) in [7, 11) is -1.04. The highest BCUT2D eigenvalue weighted by Gasteiger charge is 2.37. The second kappa shape index (κ2) is 7.81. The zero-order valence-corrected chi connectivity index (χ0v) is 16.3. The summed E-state index contributed by atoms with van der Waals surface area (Å²) in [6.07, 6.45) is 1.60. The second-order valence-electron chi connectivity index (χ2n) is 6.76. The van der Waals surface area contributed by atoms with E-state index in [0.29, 0.717) is 11.1 Å². The van der Waals surface area contributed by atoms with Gasteiger partial charge in [-0.25, -0.2) is 17.2 Å². The highest BCUT2D eigenvalue weighted by atomic mass is 32.2. The number of carbonyl (C=O) groups is 1. The molecule has 0 bridgehead atoms. The fourth-order valence-corrected chi connectivity index (χ4v) is 4.66. The molecular formula is C20H20F2N2O3S. The Labute approximate surface area is 162 Å². The molecule has 0 radical (unpaired) electrons. The predicted molar refractivity (Wildman–Crippen MR) is 103 cm³/mol. The molecule has 0 fully saturated rings. The van der Waals surface area contributed by atoms with E-state index < -0.39 is 39.4 Å². The molecule has 2 aromatic rings. The Balaban J connectivity index is 2.03. The van der Waals surface area contributed by atoms with Crippen LogP contribution < -0.4 is 0 Å². The van der Waals surface area contributed by atoms with E-state index in [1.807, 2.05) is 0 Å². The van der Waals surface area contributed by atoms with Crippen molar-refractivity contribution in [2.75, 3.05) is 26.4 Å². The number of benzene rings is 2. The highest BCUT2D eigenvalue weighted by molar-refractivity contribution is 7.89. The fraction of sp³-hybridized carbons (Fsp3) is 0.250. The van der Waals surface area contributed by atoms with Gasteiger partial charge in [0.15, 0.2) is 0 Å². The quantitative estimate of drug-likeness (QED) is 0.767. The number of nitrogens with zero attached hydrogens (tertiary/aromatic N) is 2. The van der Waals surface area contributed by atoms with Crippen LogP contribution in [0.2, 0.25) is 0 Å². The summed E-state index contributed by atoms with van der Waals surface area (Å²) in [5.41, 5.74) is 1.04. The van der Waals surface area contributed by atoms with Gasteiger partial charge in [0.1, 0.15) is 17.4 Å². The zero-order chi connectivity index (χ0) is 20.5. The molecular weight excluding hydrogens is 386 g/mol. The first-order valence-corrected chi connectivity index (χ1v) is 10.2. The maximum absolute atomic E-state index is 14.3. The molecule has 148 valence electrons. The number of hydrogen-bond donors (Lipinski definition) is 0. The number of amides is 1. The maximum Gasteiger partial charge on any atom is 0.238 e. The van der Waals surface area contributed by atoms with Crippen molar-refractivity contribution >= 4 is 21.5 Å². The lowest BCUT2D eigenvalue weighted by Gasteiger charge is -2.25. The molecule has 5 nitrogen and oxygen atoms in total. The average Bonchev–Trinajstić information content (AvgIpc) is 3.10. The maximum atomic E-state index is 14.3. The fourth-order valence-electron chi connectivity index (χ4n) is 3.06. The van der Waals surface area contributed by atoms with Crippen LogP contribution in [0.4, 0.5) is 8.78 Å². The Morgan fingerprint density at radius 2 is 1.82 bits per heavy atom. The lowest BCUT2D eigenvalue weighted by Crippen LogP contribution is -2.39. The van der Waals surface area contributed by atoms with Gasteiger partial charge in [0.25, 0.3) is 0 Å². The Kier molecular flexibility index (Phi) is 5.62. The van der Waals surface area contributed by atoms with E-state index in [-0.39, 0.29) is 12.1 Å². The first kappa shape index (κ1) is 20.2. The normalized spacial score (nSPS) is 17.4. The number of halogens is 2. The Morgan fingerprint density at radius 1 is 1.14 bits per heavy atom. The molecule has 3 rings (SSSR count). The summed E-state index contributed by atoms with van der Waals surface area (Å²) < 4.78 is 54.9. The molecule has 28 heavy (non-hydrogen) atoms. The third-order valence-electron chi connectivity index (χ3n) is 4.57. The molecule has 1 aliphatic rings. The summed E-state index contributed by atoms with van der Waals surface area (Å²) >= 11 is 0. The van der Waals surface area contributed by atoms with E-state index in [1.165, 1.54) is 19.0 Å². The van der Waals surface area contributed by atoms with Crippen molar-refractivity contribution in [2.24, 2.45) is 0 Å². The third-order valence-corrected chi connectivity index (χ3v) is 6.26. The van der Waals surface area contributed by atoms with Gasteiger partial charge in [0, 0.05) is 26.2 Å².